The van der Waals surface area contributed by atoms with E-state index in [9.17, 15) is 13.5 Å². The highest BCUT2D eigenvalue weighted by molar-refractivity contribution is 8.93. The van der Waals surface area contributed by atoms with Crippen LogP contribution in [0.4, 0.5) is 0 Å². The van der Waals surface area contributed by atoms with Crippen molar-refractivity contribution in [3.05, 3.63) is 28.8 Å². The molecule has 1 unspecified atom stereocenters. The van der Waals surface area contributed by atoms with E-state index in [4.69, 9.17) is 16.7 Å². The van der Waals surface area contributed by atoms with Crippen molar-refractivity contribution < 1.29 is 13.5 Å². The lowest BCUT2D eigenvalue weighted by atomic mass is 10.0. The molecule has 11 heteroatoms. The minimum Gasteiger partial charge on any atom is -0.366 e. The Labute approximate surface area is 155 Å². The second kappa shape index (κ2) is 7.16. The molecule has 1 saturated heterocycles. The number of halogens is 2. The second-order valence-corrected chi connectivity index (χ2v) is 7.96. The van der Waals surface area contributed by atoms with Crippen LogP contribution in [-0.2, 0) is 15.7 Å². The molecule has 1 heterocycles. The molecule has 23 heavy (non-hydrogen) atoms. The summed E-state index contributed by atoms with van der Waals surface area (Å²) >= 11 is 7.25. The standard InChI is InChI=1S/C12H17ClN4O3S2.BrH/c1-16(2)15-11-17(3)12(18,7-21-11)8-4-5-9(13)10(6-8)22(14,19)20;/h4-6,18H,7H2,1-3H3,(H2,14,19,20);1H. The van der Waals surface area contributed by atoms with Gasteiger partial charge in [0.2, 0.25) is 10.0 Å². The summed E-state index contributed by atoms with van der Waals surface area (Å²) in [6.45, 7) is 0. The fourth-order valence-electron chi connectivity index (χ4n) is 2.03. The Bertz CT molecular complexity index is 729. The molecule has 0 radical (unpaired) electrons. The van der Waals surface area contributed by atoms with Gasteiger partial charge in [0.25, 0.3) is 0 Å². The van der Waals surface area contributed by atoms with Crippen LogP contribution in [0.3, 0.4) is 0 Å². The van der Waals surface area contributed by atoms with Gasteiger partial charge in [-0.25, -0.2) is 13.6 Å². The van der Waals surface area contributed by atoms with E-state index in [1.807, 2.05) is 0 Å². The van der Waals surface area contributed by atoms with E-state index in [-0.39, 0.29) is 26.9 Å². The topological polar surface area (TPSA) is 99.2 Å². The summed E-state index contributed by atoms with van der Waals surface area (Å²) in [7, 11) is 1.27. The van der Waals surface area contributed by atoms with Crippen LogP contribution in [0, 0.1) is 0 Å². The SMILES string of the molecule is Br.CN(C)N=C1SCC(O)(c2ccc(Cl)c(S(N)(=O)=O)c2)N1C. The molecule has 3 N–H and O–H groups in total. The van der Waals surface area contributed by atoms with E-state index in [1.54, 1.807) is 37.1 Å². The fraction of sp³-hybridized carbons (Fsp3) is 0.417. The predicted octanol–water partition coefficient (Wildman–Crippen LogP) is 1.22. The Morgan fingerprint density at radius 2 is 2.09 bits per heavy atom. The molecule has 1 aliphatic heterocycles. The van der Waals surface area contributed by atoms with Gasteiger partial charge in [-0.05, 0) is 12.1 Å². The number of sulfonamides is 1. The smallest absolute Gasteiger partial charge is 0.239 e. The summed E-state index contributed by atoms with van der Waals surface area (Å²) in [5, 5.41) is 22.6. The number of aliphatic hydroxyl groups is 1. The highest BCUT2D eigenvalue weighted by Gasteiger charge is 2.43. The van der Waals surface area contributed by atoms with Gasteiger partial charge in [-0.2, -0.15) is 5.10 Å². The lowest BCUT2D eigenvalue weighted by Gasteiger charge is -2.31. The number of thioether (sulfide) groups is 1. The highest BCUT2D eigenvalue weighted by atomic mass is 79.9. The van der Waals surface area contributed by atoms with Gasteiger partial charge in [0, 0.05) is 26.7 Å². The number of nitrogens with zero attached hydrogens (tertiary/aromatic N) is 3. The van der Waals surface area contributed by atoms with Gasteiger partial charge in [-0.15, -0.1) is 17.0 Å². The lowest BCUT2D eigenvalue weighted by Crippen LogP contribution is -2.42. The number of benzene rings is 1. The van der Waals surface area contributed by atoms with Crippen LogP contribution in [0.5, 0.6) is 0 Å². The summed E-state index contributed by atoms with van der Waals surface area (Å²) < 4.78 is 23.2. The Morgan fingerprint density at radius 1 is 1.48 bits per heavy atom. The molecule has 2 rings (SSSR count). The number of hydrogen-bond acceptors (Lipinski definition) is 6. The number of rotatable bonds is 3. The highest BCUT2D eigenvalue weighted by Crippen LogP contribution is 2.39. The average Bonchev–Trinajstić information content (AvgIpc) is 2.67. The zero-order chi connectivity index (χ0) is 16.7. The summed E-state index contributed by atoms with van der Waals surface area (Å²) in [4.78, 5) is 1.38. The first-order valence-electron chi connectivity index (χ1n) is 6.23. The molecule has 130 valence electrons. The first-order valence-corrected chi connectivity index (χ1v) is 9.14. The van der Waals surface area contributed by atoms with Gasteiger partial charge in [0.15, 0.2) is 10.9 Å². The van der Waals surface area contributed by atoms with Gasteiger partial charge in [0.05, 0.1) is 10.8 Å². The van der Waals surface area contributed by atoms with Crippen LogP contribution in [0.25, 0.3) is 0 Å². The van der Waals surface area contributed by atoms with E-state index in [0.717, 1.165) is 0 Å². The molecule has 0 bridgehead atoms. The maximum absolute atomic E-state index is 11.6. The van der Waals surface area contributed by atoms with E-state index in [0.29, 0.717) is 16.5 Å². The van der Waals surface area contributed by atoms with Crippen molar-refractivity contribution in [2.75, 3.05) is 26.9 Å². The third-order valence-electron chi connectivity index (χ3n) is 3.23. The Kier molecular flexibility index (Phi) is 6.39. The van der Waals surface area contributed by atoms with Crippen LogP contribution in [-0.4, -0.2) is 55.5 Å². The van der Waals surface area contributed by atoms with Crippen LogP contribution in [0.1, 0.15) is 5.56 Å². The zero-order valence-electron chi connectivity index (χ0n) is 12.7. The molecule has 1 atom stereocenters. The fourth-order valence-corrected chi connectivity index (χ4v) is 4.36. The van der Waals surface area contributed by atoms with Gasteiger partial charge in [0.1, 0.15) is 4.90 Å². The number of amidine groups is 1. The average molecular weight is 446 g/mol. The molecule has 0 aliphatic carbocycles. The monoisotopic (exact) mass is 444 g/mol. The van der Waals surface area contributed by atoms with Crippen LogP contribution in [0.15, 0.2) is 28.2 Å². The molecule has 0 spiro atoms. The Balaban J connectivity index is 0.00000264. The first kappa shape index (κ1) is 20.5. The molecule has 0 saturated carbocycles. The zero-order valence-corrected chi connectivity index (χ0v) is 16.8. The molecular weight excluding hydrogens is 428 g/mol. The minimum atomic E-state index is -3.97. The van der Waals surface area contributed by atoms with Gasteiger partial charge in [-0.1, -0.05) is 29.4 Å². The van der Waals surface area contributed by atoms with Crippen molar-refractivity contribution in [1.82, 2.24) is 9.91 Å². The molecule has 1 aromatic carbocycles. The molecule has 1 aromatic rings. The third kappa shape index (κ3) is 4.12. The third-order valence-corrected chi connectivity index (χ3v) is 5.78. The van der Waals surface area contributed by atoms with E-state index in [1.165, 1.54) is 23.9 Å². The van der Waals surface area contributed by atoms with Crippen LogP contribution < -0.4 is 5.14 Å². The molecular formula is C12H18BrClN4O3S2. The molecule has 0 aromatic heterocycles. The largest absolute Gasteiger partial charge is 0.366 e. The normalized spacial score (nSPS) is 23.0. The van der Waals surface area contributed by atoms with E-state index >= 15 is 0 Å². The van der Waals surface area contributed by atoms with Crippen molar-refractivity contribution in [1.29, 1.82) is 0 Å². The van der Waals surface area contributed by atoms with Gasteiger partial charge < -0.3 is 15.0 Å². The van der Waals surface area contributed by atoms with Gasteiger partial charge >= 0.3 is 0 Å². The minimum absolute atomic E-state index is 0. The summed E-state index contributed by atoms with van der Waals surface area (Å²) in [6, 6.07) is 4.29. The maximum atomic E-state index is 11.6. The predicted molar refractivity (Wildman–Crippen MR) is 98.4 cm³/mol. The summed E-state index contributed by atoms with van der Waals surface area (Å²) in [5.41, 5.74) is -0.997. The van der Waals surface area contributed by atoms with Crippen molar-refractivity contribution in [2.24, 2.45) is 10.2 Å². The van der Waals surface area contributed by atoms with E-state index < -0.39 is 15.7 Å². The quantitative estimate of drug-likeness (QED) is 0.679. The van der Waals surface area contributed by atoms with Crippen molar-refractivity contribution >= 4 is 55.5 Å². The second-order valence-electron chi connectivity index (χ2n) is 5.08. The number of nitrogens with two attached hydrogens (primary N) is 1. The number of hydrazone groups is 1. The maximum Gasteiger partial charge on any atom is 0.239 e. The molecule has 0 amide bonds. The number of primary sulfonamides is 1. The summed E-state index contributed by atoms with van der Waals surface area (Å²) in [5.74, 6) is 0.307. The van der Waals surface area contributed by atoms with E-state index in [2.05, 4.69) is 5.10 Å². The molecule has 7 nitrogen and oxygen atoms in total. The Morgan fingerprint density at radius 3 is 2.61 bits per heavy atom. The summed E-state index contributed by atoms with van der Waals surface area (Å²) in [6.07, 6.45) is 0. The lowest BCUT2D eigenvalue weighted by molar-refractivity contribution is -0.0354. The van der Waals surface area contributed by atoms with Crippen LogP contribution >= 0.6 is 40.3 Å². The Hall–Kier alpha value is -0.520. The molecule has 1 fully saturated rings. The molecule has 1 aliphatic rings. The van der Waals surface area contributed by atoms with Crippen molar-refractivity contribution in [3.8, 4) is 0 Å². The first-order chi connectivity index (χ1) is 10.1. The van der Waals surface area contributed by atoms with Crippen molar-refractivity contribution in [2.45, 2.75) is 10.6 Å². The number of hydrogen-bond donors (Lipinski definition) is 2. The van der Waals surface area contributed by atoms with Crippen molar-refractivity contribution in [3.63, 3.8) is 0 Å². The van der Waals surface area contributed by atoms with Crippen LogP contribution in [0.2, 0.25) is 5.02 Å². The van der Waals surface area contributed by atoms with Gasteiger partial charge in [-0.3, -0.25) is 0 Å².